The molecule has 2 atom stereocenters. The van der Waals surface area contributed by atoms with E-state index >= 15 is 0 Å². The van der Waals surface area contributed by atoms with Gasteiger partial charge in [0, 0.05) is 25.7 Å². The third-order valence-corrected chi connectivity index (χ3v) is 4.03. The molecule has 0 bridgehead atoms. The summed E-state index contributed by atoms with van der Waals surface area (Å²) in [7, 11) is 0. The maximum atomic E-state index is 12.2. The molecule has 2 heterocycles. The summed E-state index contributed by atoms with van der Waals surface area (Å²) >= 11 is 0. The lowest BCUT2D eigenvalue weighted by molar-refractivity contribution is -0.146. The average molecular weight is 269 g/mol. The molecule has 0 spiro atoms. The Morgan fingerprint density at radius 1 is 1.11 bits per heavy atom. The number of nitrogens with two attached hydrogens (primary N) is 1. The molecule has 7 heteroatoms. The third kappa shape index (κ3) is 2.64. The van der Waals surface area contributed by atoms with Crippen LogP contribution in [0.25, 0.3) is 0 Å². The van der Waals surface area contributed by atoms with E-state index in [2.05, 4.69) is 0 Å². The van der Waals surface area contributed by atoms with Crippen LogP contribution in [0.5, 0.6) is 0 Å². The van der Waals surface area contributed by atoms with E-state index in [1.807, 2.05) is 6.92 Å². The SMILES string of the molecule is CC1CCC(C(N)=O)CN1C(=O)N1CC(C(=O)O)C1. The summed E-state index contributed by atoms with van der Waals surface area (Å²) in [6.45, 7) is 2.77. The Bertz CT molecular complexity index is 406. The van der Waals surface area contributed by atoms with Gasteiger partial charge in [-0.15, -0.1) is 0 Å². The van der Waals surface area contributed by atoms with E-state index in [4.69, 9.17) is 10.8 Å². The highest BCUT2D eigenvalue weighted by Gasteiger charge is 2.40. The van der Waals surface area contributed by atoms with E-state index in [1.54, 1.807) is 4.90 Å². The number of carboxylic acid groups (broad SMARTS) is 1. The van der Waals surface area contributed by atoms with Gasteiger partial charge in [0.05, 0.1) is 11.8 Å². The highest BCUT2D eigenvalue weighted by molar-refractivity contribution is 5.82. The number of hydrogen-bond acceptors (Lipinski definition) is 3. The second kappa shape index (κ2) is 5.07. The molecular weight excluding hydrogens is 250 g/mol. The lowest BCUT2D eigenvalue weighted by Gasteiger charge is -2.44. The molecule has 3 N–H and O–H groups in total. The Kier molecular flexibility index (Phi) is 3.64. The first-order valence-corrected chi connectivity index (χ1v) is 6.47. The van der Waals surface area contributed by atoms with Crippen molar-refractivity contribution in [2.24, 2.45) is 17.6 Å². The van der Waals surface area contributed by atoms with Crippen LogP contribution < -0.4 is 5.73 Å². The van der Waals surface area contributed by atoms with Gasteiger partial charge in [0.25, 0.3) is 0 Å². The molecule has 2 fully saturated rings. The van der Waals surface area contributed by atoms with Gasteiger partial charge >= 0.3 is 12.0 Å². The van der Waals surface area contributed by atoms with Crippen LogP contribution in [-0.4, -0.2) is 58.5 Å². The molecule has 0 radical (unpaired) electrons. The van der Waals surface area contributed by atoms with Crippen LogP contribution in [0.4, 0.5) is 4.79 Å². The molecule has 106 valence electrons. The molecule has 3 amide bonds. The molecule has 2 rings (SSSR count). The molecule has 0 aromatic heterocycles. The van der Waals surface area contributed by atoms with Gasteiger partial charge in [0.1, 0.15) is 0 Å². The van der Waals surface area contributed by atoms with Crippen molar-refractivity contribution in [1.82, 2.24) is 9.80 Å². The molecule has 0 saturated carbocycles. The quantitative estimate of drug-likeness (QED) is 0.718. The Hall–Kier alpha value is -1.79. The monoisotopic (exact) mass is 269 g/mol. The van der Waals surface area contributed by atoms with E-state index in [0.29, 0.717) is 13.0 Å². The largest absolute Gasteiger partial charge is 0.481 e. The highest BCUT2D eigenvalue weighted by atomic mass is 16.4. The van der Waals surface area contributed by atoms with Crippen molar-refractivity contribution in [1.29, 1.82) is 0 Å². The predicted octanol–water partition coefficient (Wildman–Crippen LogP) is -0.291. The zero-order valence-corrected chi connectivity index (χ0v) is 10.9. The van der Waals surface area contributed by atoms with Crippen LogP contribution in [0.2, 0.25) is 0 Å². The van der Waals surface area contributed by atoms with Gasteiger partial charge in [-0.3, -0.25) is 9.59 Å². The minimum Gasteiger partial charge on any atom is -0.481 e. The Morgan fingerprint density at radius 2 is 1.74 bits per heavy atom. The van der Waals surface area contributed by atoms with Gasteiger partial charge in [-0.2, -0.15) is 0 Å². The maximum Gasteiger partial charge on any atom is 0.320 e. The topological polar surface area (TPSA) is 104 Å². The van der Waals surface area contributed by atoms with Crippen LogP contribution in [0, 0.1) is 11.8 Å². The number of urea groups is 1. The molecule has 0 aliphatic carbocycles. The predicted molar refractivity (Wildman–Crippen MR) is 66.2 cm³/mol. The summed E-state index contributed by atoms with van der Waals surface area (Å²) in [4.78, 5) is 37.3. The number of carbonyl (C=O) groups is 3. The second-order valence-corrected chi connectivity index (χ2v) is 5.40. The van der Waals surface area contributed by atoms with Crippen molar-refractivity contribution in [2.75, 3.05) is 19.6 Å². The summed E-state index contributed by atoms with van der Waals surface area (Å²) < 4.78 is 0. The minimum absolute atomic E-state index is 0.0620. The summed E-state index contributed by atoms with van der Waals surface area (Å²) in [5.41, 5.74) is 5.29. The molecule has 7 nitrogen and oxygen atoms in total. The van der Waals surface area contributed by atoms with Crippen molar-refractivity contribution in [2.45, 2.75) is 25.8 Å². The highest BCUT2D eigenvalue weighted by Crippen LogP contribution is 2.25. The average Bonchev–Trinajstić information content (AvgIpc) is 2.26. The van der Waals surface area contributed by atoms with Gasteiger partial charge in [0.2, 0.25) is 5.91 Å². The summed E-state index contributed by atoms with van der Waals surface area (Å²) in [5, 5.41) is 8.80. The minimum atomic E-state index is -0.870. The molecule has 2 aliphatic heterocycles. The van der Waals surface area contributed by atoms with Crippen molar-refractivity contribution < 1.29 is 19.5 Å². The fraction of sp³-hybridized carbons (Fsp3) is 0.750. The van der Waals surface area contributed by atoms with Crippen molar-refractivity contribution in [3.05, 3.63) is 0 Å². The van der Waals surface area contributed by atoms with Crippen LogP contribution in [-0.2, 0) is 9.59 Å². The van der Waals surface area contributed by atoms with E-state index < -0.39 is 11.9 Å². The van der Waals surface area contributed by atoms with Crippen molar-refractivity contribution in [3.63, 3.8) is 0 Å². The zero-order valence-electron chi connectivity index (χ0n) is 10.9. The smallest absolute Gasteiger partial charge is 0.320 e. The summed E-state index contributed by atoms with van der Waals surface area (Å²) in [6.07, 6.45) is 1.45. The standard InChI is InChI=1S/C12H19N3O4/c1-7-2-3-8(10(13)16)6-15(7)12(19)14-4-9(5-14)11(17)18/h7-9H,2-6H2,1H3,(H2,13,16)(H,17,18). The van der Waals surface area contributed by atoms with Gasteiger partial charge < -0.3 is 20.6 Å². The van der Waals surface area contributed by atoms with Crippen molar-refractivity contribution in [3.8, 4) is 0 Å². The fourth-order valence-electron chi connectivity index (χ4n) is 2.58. The number of aliphatic carboxylic acids is 1. The molecular formula is C12H19N3O4. The first kappa shape index (κ1) is 13.6. The second-order valence-electron chi connectivity index (χ2n) is 5.40. The number of nitrogens with zero attached hydrogens (tertiary/aromatic N) is 2. The van der Waals surface area contributed by atoms with Gasteiger partial charge in [-0.05, 0) is 19.8 Å². The first-order chi connectivity index (χ1) is 8.90. The first-order valence-electron chi connectivity index (χ1n) is 6.47. The zero-order chi connectivity index (χ0) is 14.2. The number of primary amides is 1. The van der Waals surface area contributed by atoms with Gasteiger partial charge in [0.15, 0.2) is 0 Å². The van der Waals surface area contributed by atoms with E-state index in [9.17, 15) is 14.4 Å². The van der Waals surface area contributed by atoms with E-state index in [-0.39, 0.29) is 37.0 Å². The lowest BCUT2D eigenvalue weighted by atomic mass is 9.92. The van der Waals surface area contributed by atoms with Gasteiger partial charge in [-0.1, -0.05) is 0 Å². The van der Waals surface area contributed by atoms with Gasteiger partial charge in [-0.25, -0.2) is 4.79 Å². The van der Waals surface area contributed by atoms with Crippen molar-refractivity contribution >= 4 is 17.9 Å². The number of piperidine rings is 1. The van der Waals surface area contributed by atoms with Crippen LogP contribution >= 0.6 is 0 Å². The number of likely N-dealkylation sites (tertiary alicyclic amines) is 2. The van der Waals surface area contributed by atoms with Crippen LogP contribution in [0.3, 0.4) is 0 Å². The van der Waals surface area contributed by atoms with E-state index in [0.717, 1.165) is 6.42 Å². The molecule has 0 aromatic carbocycles. The molecule has 2 aliphatic rings. The number of hydrogen-bond donors (Lipinski definition) is 2. The summed E-state index contributed by atoms with van der Waals surface area (Å²) in [5.74, 6) is -2.00. The van der Waals surface area contributed by atoms with E-state index in [1.165, 1.54) is 4.90 Å². The Morgan fingerprint density at radius 3 is 2.26 bits per heavy atom. The number of carbonyl (C=O) groups excluding carboxylic acids is 2. The lowest BCUT2D eigenvalue weighted by Crippen LogP contribution is -2.60. The van der Waals surface area contributed by atoms with Crippen LogP contribution in [0.15, 0.2) is 0 Å². The Balaban J connectivity index is 1.94. The molecule has 19 heavy (non-hydrogen) atoms. The number of carboxylic acids is 1. The molecule has 2 saturated heterocycles. The molecule has 2 unspecified atom stereocenters. The number of rotatable bonds is 2. The maximum absolute atomic E-state index is 12.2. The molecule has 0 aromatic rings. The fourth-order valence-corrected chi connectivity index (χ4v) is 2.58. The summed E-state index contributed by atoms with van der Waals surface area (Å²) in [6, 6.07) is -0.122. The van der Waals surface area contributed by atoms with Crippen LogP contribution in [0.1, 0.15) is 19.8 Å². The Labute approximate surface area is 111 Å². The normalized spacial score (nSPS) is 27.8. The number of amides is 3. The third-order valence-electron chi connectivity index (χ3n) is 4.03.